The second-order valence-electron chi connectivity index (χ2n) is 9.40. The van der Waals surface area contributed by atoms with E-state index in [1.807, 2.05) is 48.5 Å². The molecule has 0 saturated heterocycles. The lowest BCUT2D eigenvalue weighted by Gasteiger charge is -2.33. The van der Waals surface area contributed by atoms with E-state index < -0.39 is 28.6 Å². The van der Waals surface area contributed by atoms with E-state index in [2.05, 4.69) is 0 Å². The average molecular weight is 482 g/mol. The van der Waals surface area contributed by atoms with Gasteiger partial charge in [-0.2, -0.15) is 0 Å². The molecule has 0 aliphatic heterocycles. The molecule has 0 amide bonds. The van der Waals surface area contributed by atoms with Gasteiger partial charge in [0.05, 0.1) is 59.1 Å². The van der Waals surface area contributed by atoms with E-state index in [-0.39, 0.29) is 25.7 Å². The van der Waals surface area contributed by atoms with Crippen molar-refractivity contribution in [2.45, 2.75) is 25.7 Å². The number of nitrogens with zero attached hydrogens (tertiary/aromatic N) is 4. The van der Waals surface area contributed by atoms with Crippen molar-refractivity contribution in [1.29, 1.82) is 0 Å². The molecule has 36 heavy (non-hydrogen) atoms. The SMILES string of the molecule is COC(=O)C12Cc3nc4ccccc4nc3CC(C(=O)OC)(Cc3nc4ccccc4nc3C1)C2=O. The van der Waals surface area contributed by atoms with E-state index in [1.165, 1.54) is 14.2 Å². The Morgan fingerprint density at radius 3 is 1.14 bits per heavy atom. The molecule has 0 unspecified atom stereocenters. The van der Waals surface area contributed by atoms with E-state index in [0.29, 0.717) is 44.8 Å². The number of benzene rings is 2. The van der Waals surface area contributed by atoms with Gasteiger partial charge in [0.25, 0.3) is 0 Å². The highest BCUT2D eigenvalue weighted by molar-refractivity contribution is 6.16. The van der Waals surface area contributed by atoms with Crippen LogP contribution in [0.1, 0.15) is 22.8 Å². The zero-order valence-corrected chi connectivity index (χ0v) is 19.8. The number of Topliss-reactive ketones (excluding diaryl/α,β-unsaturated/α-hetero) is 1. The average Bonchev–Trinajstić information content (AvgIpc) is 3.06. The Labute approximate surface area is 205 Å². The van der Waals surface area contributed by atoms with Gasteiger partial charge in [0, 0.05) is 25.7 Å². The van der Waals surface area contributed by atoms with Gasteiger partial charge in [-0.25, -0.2) is 19.9 Å². The maximum atomic E-state index is 14.5. The lowest BCUT2D eigenvalue weighted by atomic mass is 9.66. The first-order chi connectivity index (χ1) is 17.4. The summed E-state index contributed by atoms with van der Waals surface area (Å²) in [6.07, 6.45) is -0.284. The van der Waals surface area contributed by atoms with Crippen LogP contribution in [0.2, 0.25) is 0 Å². The summed E-state index contributed by atoms with van der Waals surface area (Å²) >= 11 is 0. The summed E-state index contributed by atoms with van der Waals surface area (Å²) in [5.74, 6) is -2.06. The first kappa shape index (κ1) is 22.2. The molecule has 2 heterocycles. The molecule has 2 aromatic heterocycles. The van der Waals surface area contributed by atoms with Gasteiger partial charge in [-0.1, -0.05) is 24.3 Å². The smallest absolute Gasteiger partial charge is 0.320 e. The van der Waals surface area contributed by atoms with Gasteiger partial charge in [0.1, 0.15) is 10.8 Å². The van der Waals surface area contributed by atoms with Crippen molar-refractivity contribution in [2.75, 3.05) is 14.2 Å². The van der Waals surface area contributed by atoms with E-state index in [9.17, 15) is 14.4 Å². The molecule has 2 aliphatic rings. The van der Waals surface area contributed by atoms with Gasteiger partial charge >= 0.3 is 11.9 Å². The van der Waals surface area contributed by atoms with Crippen LogP contribution in [0.3, 0.4) is 0 Å². The molecular weight excluding hydrogens is 460 g/mol. The van der Waals surface area contributed by atoms with Crippen molar-refractivity contribution in [3.63, 3.8) is 0 Å². The van der Waals surface area contributed by atoms with Crippen LogP contribution in [0.25, 0.3) is 22.1 Å². The summed E-state index contributed by atoms with van der Waals surface area (Å²) in [4.78, 5) is 60.6. The summed E-state index contributed by atoms with van der Waals surface area (Å²) in [6.45, 7) is 0. The van der Waals surface area contributed by atoms with Crippen molar-refractivity contribution >= 4 is 39.8 Å². The first-order valence-corrected chi connectivity index (χ1v) is 11.6. The van der Waals surface area contributed by atoms with Crippen LogP contribution in [0.5, 0.6) is 0 Å². The van der Waals surface area contributed by atoms with Crippen LogP contribution in [0.15, 0.2) is 48.5 Å². The third kappa shape index (κ3) is 3.05. The molecule has 0 N–H and O–H groups in total. The van der Waals surface area contributed by atoms with Gasteiger partial charge in [0.2, 0.25) is 0 Å². The van der Waals surface area contributed by atoms with Crippen molar-refractivity contribution in [3.05, 3.63) is 71.3 Å². The zero-order valence-electron chi connectivity index (χ0n) is 19.8. The molecule has 2 bridgehead atoms. The molecule has 0 fully saturated rings. The van der Waals surface area contributed by atoms with E-state index in [0.717, 1.165) is 0 Å². The number of carbonyl (C=O) groups excluding carboxylic acids is 3. The highest BCUT2D eigenvalue weighted by Crippen LogP contribution is 2.48. The Bertz CT molecular complexity index is 1390. The highest BCUT2D eigenvalue weighted by atomic mass is 16.5. The minimum atomic E-state index is -1.74. The number of fused-ring (bicyclic) bond motifs is 6. The van der Waals surface area contributed by atoms with Gasteiger partial charge in [-0.05, 0) is 24.3 Å². The predicted octanol–water partition coefficient (Wildman–Crippen LogP) is 2.36. The van der Waals surface area contributed by atoms with E-state index >= 15 is 0 Å². The summed E-state index contributed by atoms with van der Waals surface area (Å²) in [5.41, 5.74) is 0.985. The summed E-state index contributed by atoms with van der Waals surface area (Å²) in [5, 5.41) is 0. The van der Waals surface area contributed by atoms with Crippen molar-refractivity contribution in [2.24, 2.45) is 10.8 Å². The third-order valence-electron chi connectivity index (χ3n) is 7.35. The van der Waals surface area contributed by atoms with Crippen molar-refractivity contribution in [3.8, 4) is 0 Å². The summed E-state index contributed by atoms with van der Waals surface area (Å²) < 4.78 is 10.4. The Morgan fingerprint density at radius 2 is 0.889 bits per heavy atom. The normalized spacial score (nSPS) is 22.8. The number of esters is 2. The van der Waals surface area contributed by atoms with Crippen LogP contribution >= 0.6 is 0 Å². The number of hydrogen-bond donors (Lipinski definition) is 0. The van der Waals surface area contributed by atoms with E-state index in [4.69, 9.17) is 29.4 Å². The Morgan fingerprint density at radius 1 is 0.611 bits per heavy atom. The lowest BCUT2D eigenvalue weighted by molar-refractivity contribution is -0.168. The zero-order chi connectivity index (χ0) is 25.1. The molecule has 2 aromatic carbocycles. The standard InChI is InChI=1S/C27H22N4O5/c1-35-24(33)26-11-19-21(30-17-9-5-3-7-15(17)28-19)13-27(23(26)32,25(34)36-2)14-22-20(12-26)29-16-8-4-6-10-18(16)31-22/h3-10H,11-14H2,1-2H3. The molecule has 0 radical (unpaired) electrons. The molecule has 9 nitrogen and oxygen atoms in total. The number of para-hydroxylation sites is 4. The maximum Gasteiger partial charge on any atom is 0.320 e. The van der Waals surface area contributed by atoms with Gasteiger partial charge in [-0.15, -0.1) is 0 Å². The Balaban J connectivity index is 1.68. The second-order valence-corrected chi connectivity index (χ2v) is 9.40. The number of ketones is 1. The molecule has 0 atom stereocenters. The third-order valence-corrected chi connectivity index (χ3v) is 7.35. The fraction of sp³-hybridized carbons (Fsp3) is 0.296. The molecule has 9 heteroatoms. The molecule has 4 aromatic rings. The van der Waals surface area contributed by atoms with Crippen LogP contribution < -0.4 is 0 Å². The first-order valence-electron chi connectivity index (χ1n) is 11.6. The number of carbonyl (C=O) groups is 3. The molecule has 0 saturated carbocycles. The Kier molecular flexibility index (Phi) is 4.86. The van der Waals surface area contributed by atoms with Crippen LogP contribution in [-0.2, 0) is 49.5 Å². The van der Waals surface area contributed by atoms with Crippen LogP contribution in [0, 0.1) is 10.8 Å². The molecule has 2 aliphatic carbocycles. The number of hydrogen-bond acceptors (Lipinski definition) is 9. The van der Waals surface area contributed by atoms with E-state index in [1.54, 1.807) is 0 Å². The molecular formula is C27H22N4O5. The number of ether oxygens (including phenoxy) is 2. The topological polar surface area (TPSA) is 121 Å². The van der Waals surface area contributed by atoms with Crippen molar-refractivity contribution in [1.82, 2.24) is 19.9 Å². The fourth-order valence-corrected chi connectivity index (χ4v) is 5.62. The number of methoxy groups -OCH3 is 2. The summed E-state index contributed by atoms with van der Waals surface area (Å²) in [7, 11) is 2.47. The van der Waals surface area contributed by atoms with Crippen molar-refractivity contribution < 1.29 is 23.9 Å². The minimum Gasteiger partial charge on any atom is -0.468 e. The van der Waals surface area contributed by atoms with Gasteiger partial charge in [0.15, 0.2) is 5.78 Å². The largest absolute Gasteiger partial charge is 0.468 e. The molecule has 6 rings (SSSR count). The minimum absolute atomic E-state index is 0.0711. The monoisotopic (exact) mass is 482 g/mol. The van der Waals surface area contributed by atoms with Crippen LogP contribution in [0.4, 0.5) is 0 Å². The molecule has 0 spiro atoms. The second kappa shape index (κ2) is 7.87. The predicted molar refractivity (Wildman–Crippen MR) is 128 cm³/mol. The highest BCUT2D eigenvalue weighted by Gasteiger charge is 2.64. The van der Waals surface area contributed by atoms with Gasteiger partial charge < -0.3 is 9.47 Å². The van der Waals surface area contributed by atoms with Gasteiger partial charge in [-0.3, -0.25) is 14.4 Å². The lowest BCUT2D eigenvalue weighted by Crippen LogP contribution is -2.54. The summed E-state index contributed by atoms with van der Waals surface area (Å²) in [6, 6.07) is 14.7. The number of aromatic nitrogens is 4. The maximum absolute atomic E-state index is 14.5. The molecule has 180 valence electrons. The fourth-order valence-electron chi connectivity index (χ4n) is 5.62. The quantitative estimate of drug-likeness (QED) is 0.313. The number of rotatable bonds is 2. The van der Waals surface area contributed by atoms with Crippen LogP contribution in [-0.4, -0.2) is 51.9 Å². The Hall–Kier alpha value is -4.27.